The molecule has 328 valence electrons. The third-order valence-electron chi connectivity index (χ3n) is 12.0. The number of aromatic nitrogens is 3. The summed E-state index contributed by atoms with van der Waals surface area (Å²) in [6.45, 7) is 5.17. The molecule has 4 amide bonds. The number of urea groups is 1. The molecule has 19 heteroatoms. The van der Waals surface area contributed by atoms with Crippen molar-refractivity contribution in [2.45, 2.75) is 82.2 Å². The Kier molecular flexibility index (Phi) is 13.8. The lowest BCUT2D eigenvalue weighted by atomic mass is 9.85. The van der Waals surface area contributed by atoms with E-state index in [1.165, 1.54) is 12.8 Å². The van der Waals surface area contributed by atoms with Gasteiger partial charge in [0.2, 0.25) is 5.91 Å². The van der Waals surface area contributed by atoms with Gasteiger partial charge in [-0.05, 0) is 99.7 Å². The lowest BCUT2D eigenvalue weighted by Crippen LogP contribution is -2.49. The van der Waals surface area contributed by atoms with Crippen molar-refractivity contribution >= 4 is 57.8 Å². The van der Waals surface area contributed by atoms with Crippen LogP contribution in [0.25, 0.3) is 10.9 Å². The zero-order valence-electron chi connectivity index (χ0n) is 33.8. The van der Waals surface area contributed by atoms with Gasteiger partial charge in [-0.2, -0.15) is 18.4 Å². The molecule has 2 saturated carbocycles. The molecule has 3 N–H and O–H groups in total. The first-order chi connectivity index (χ1) is 29.7. The summed E-state index contributed by atoms with van der Waals surface area (Å²) in [5.74, 6) is -1.07. The largest absolute Gasteiger partial charge is 0.490 e. The van der Waals surface area contributed by atoms with Crippen molar-refractivity contribution in [3.05, 3.63) is 77.1 Å². The Bertz CT molecular complexity index is 2300. The zero-order chi connectivity index (χ0) is 44.0. The summed E-state index contributed by atoms with van der Waals surface area (Å²) in [6.07, 6.45) is 5.24. The van der Waals surface area contributed by atoms with Gasteiger partial charge in [0.25, 0.3) is 5.91 Å². The number of imide groups is 1. The van der Waals surface area contributed by atoms with Crippen LogP contribution in [0.2, 0.25) is 5.02 Å². The number of hydrogen-bond acceptors (Lipinski definition) is 10. The molecule has 0 radical (unpaired) electrons. The molecular weight excluding hydrogens is 831 g/mol. The van der Waals surface area contributed by atoms with E-state index in [0.29, 0.717) is 47.0 Å². The maximum Gasteiger partial charge on any atom is 0.490 e. The Labute approximate surface area is 360 Å². The molecule has 2 aromatic heterocycles. The average Bonchev–Trinajstić information content (AvgIpc) is 3.70. The second-order valence-electron chi connectivity index (χ2n) is 16.0. The van der Waals surface area contributed by atoms with E-state index in [-0.39, 0.29) is 30.0 Å². The number of fused-ring (bicyclic) bond motifs is 1. The van der Waals surface area contributed by atoms with Crippen LogP contribution in [0.15, 0.2) is 60.8 Å². The predicted octanol–water partition coefficient (Wildman–Crippen LogP) is 6.71. The molecule has 2 saturated heterocycles. The summed E-state index contributed by atoms with van der Waals surface area (Å²) >= 11 is 6.15. The van der Waals surface area contributed by atoms with E-state index in [2.05, 4.69) is 59.6 Å². The number of alkyl halides is 3. The number of halogens is 4. The van der Waals surface area contributed by atoms with Crippen LogP contribution in [0.4, 0.5) is 29.5 Å². The van der Waals surface area contributed by atoms with Crippen LogP contribution in [-0.2, 0) is 9.59 Å². The number of anilines is 2. The van der Waals surface area contributed by atoms with E-state index in [1.807, 2.05) is 18.2 Å². The van der Waals surface area contributed by atoms with E-state index in [4.69, 9.17) is 31.5 Å². The third-order valence-corrected chi connectivity index (χ3v) is 12.3. The summed E-state index contributed by atoms with van der Waals surface area (Å²) in [7, 11) is 0. The first kappa shape index (κ1) is 44.1. The van der Waals surface area contributed by atoms with Gasteiger partial charge in [0.1, 0.15) is 11.8 Å². The molecule has 0 spiro atoms. The Morgan fingerprint density at radius 3 is 2.29 bits per heavy atom. The number of carboxylic acid groups (broad SMARTS) is 1. The first-order valence-electron chi connectivity index (χ1n) is 20.7. The van der Waals surface area contributed by atoms with Crippen LogP contribution in [0, 0.1) is 17.2 Å². The lowest BCUT2D eigenvalue weighted by molar-refractivity contribution is -0.192. The van der Waals surface area contributed by atoms with Gasteiger partial charge in [0.15, 0.2) is 11.5 Å². The third kappa shape index (κ3) is 10.7. The number of hydrogen-bond donors (Lipinski definition) is 3. The highest BCUT2D eigenvalue weighted by Crippen LogP contribution is 2.38. The van der Waals surface area contributed by atoms with Gasteiger partial charge >= 0.3 is 18.2 Å². The van der Waals surface area contributed by atoms with Gasteiger partial charge in [-0.3, -0.25) is 24.7 Å². The molecule has 0 atom stereocenters. The van der Waals surface area contributed by atoms with Crippen molar-refractivity contribution in [1.29, 1.82) is 5.26 Å². The summed E-state index contributed by atoms with van der Waals surface area (Å²) in [6, 6.07) is 19.2. The number of nitrogens with one attached hydrogen (secondary N) is 2. The molecule has 4 heterocycles. The van der Waals surface area contributed by atoms with E-state index in [1.54, 1.807) is 29.2 Å². The summed E-state index contributed by atoms with van der Waals surface area (Å²) < 4.78 is 40.2. The Morgan fingerprint density at radius 2 is 1.66 bits per heavy atom. The van der Waals surface area contributed by atoms with E-state index in [0.717, 1.165) is 93.7 Å². The zero-order valence-corrected chi connectivity index (χ0v) is 34.6. The molecule has 0 bridgehead atoms. The molecule has 62 heavy (non-hydrogen) atoms. The summed E-state index contributed by atoms with van der Waals surface area (Å²) in [4.78, 5) is 52.6. The average molecular weight is 878 g/mol. The number of aliphatic carboxylic acids is 1. The molecule has 2 aromatic carbocycles. The number of piperazine rings is 1. The maximum absolute atomic E-state index is 13.0. The Hall–Kier alpha value is -5.93. The number of carboxylic acids is 1. The molecule has 15 nitrogen and oxygen atoms in total. The normalized spacial score (nSPS) is 22.2. The number of amides is 4. The van der Waals surface area contributed by atoms with Crippen LogP contribution in [0.3, 0.4) is 0 Å². The van der Waals surface area contributed by atoms with Gasteiger partial charge in [0.05, 0.1) is 27.9 Å². The highest BCUT2D eigenvalue weighted by atomic mass is 35.5. The molecular formula is C43H47ClF3N9O6. The van der Waals surface area contributed by atoms with Gasteiger partial charge in [-0.15, -0.1) is 10.2 Å². The van der Waals surface area contributed by atoms with Crippen LogP contribution in [-0.4, -0.2) is 106 Å². The number of carbonyl (C=O) groups excluding carboxylic acids is 3. The van der Waals surface area contributed by atoms with Gasteiger partial charge < -0.3 is 24.6 Å². The number of nitriles is 1. The molecule has 2 aliphatic carbocycles. The van der Waals surface area contributed by atoms with Crippen molar-refractivity contribution in [3.8, 4) is 11.8 Å². The fourth-order valence-electron chi connectivity index (χ4n) is 8.70. The number of rotatable bonds is 9. The Balaban J connectivity index is 0.000000762. The fourth-order valence-corrected chi connectivity index (χ4v) is 8.91. The van der Waals surface area contributed by atoms with Crippen molar-refractivity contribution in [2.75, 3.05) is 49.1 Å². The minimum atomic E-state index is -5.08. The van der Waals surface area contributed by atoms with Crippen molar-refractivity contribution in [1.82, 2.24) is 30.3 Å². The van der Waals surface area contributed by atoms with E-state index >= 15 is 0 Å². The minimum Gasteiger partial charge on any atom is -0.490 e. The van der Waals surface area contributed by atoms with Crippen LogP contribution in [0.5, 0.6) is 5.75 Å². The van der Waals surface area contributed by atoms with Crippen LogP contribution >= 0.6 is 11.6 Å². The summed E-state index contributed by atoms with van der Waals surface area (Å²) in [5.41, 5.74) is 2.74. The van der Waals surface area contributed by atoms with Gasteiger partial charge in [-0.25, -0.2) is 9.59 Å². The predicted molar refractivity (Wildman–Crippen MR) is 223 cm³/mol. The van der Waals surface area contributed by atoms with Crippen LogP contribution in [0.1, 0.15) is 79.9 Å². The molecule has 4 aromatic rings. The number of nitrogens with zero attached hydrogens (tertiary/aromatic N) is 7. The summed E-state index contributed by atoms with van der Waals surface area (Å²) in [5, 5.41) is 31.9. The van der Waals surface area contributed by atoms with E-state index < -0.39 is 12.1 Å². The molecule has 8 rings (SSSR count). The fraction of sp³-hybridized carbons (Fsp3) is 0.465. The highest BCUT2D eigenvalue weighted by molar-refractivity contribution is 6.31. The SMILES string of the molecule is N#Cc1ccc(OC2CCC(NC(=O)c3ccc(N4CCN(CC5CCC(n6ccc7c(N8CCC(=O)NC8=O)cccc76)CC5)CC4)nn3)CC2)cc1Cl.O=C(O)C(F)(F)F. The smallest absolute Gasteiger partial charge is 0.490 e. The number of benzene rings is 2. The van der Waals surface area contributed by atoms with Crippen molar-refractivity contribution in [2.24, 2.45) is 5.92 Å². The van der Waals surface area contributed by atoms with Crippen molar-refractivity contribution in [3.63, 3.8) is 0 Å². The molecule has 0 unspecified atom stereocenters. The van der Waals surface area contributed by atoms with Crippen LogP contribution < -0.4 is 25.2 Å². The number of carbonyl (C=O) groups is 4. The van der Waals surface area contributed by atoms with E-state index in [9.17, 15) is 27.6 Å². The first-order valence-corrected chi connectivity index (χ1v) is 21.1. The second-order valence-corrected chi connectivity index (χ2v) is 16.5. The maximum atomic E-state index is 13.0. The standard InChI is InChI=1S/C41H46ClN9O4.C2HF3O2/c42-34-24-32(11-6-28(34)25-43)55-31-12-7-29(8-13-31)44-40(53)35-14-15-38(47-46-35)49-22-20-48(21-23-49)26-27-4-9-30(10-5-27)50-18-16-33-36(50)2-1-3-37(33)51-19-17-39(52)45-41(51)54;3-2(4,5)1(6)7/h1-3,6,11,14-16,18,24,27,29-31H,4-5,7-10,12-13,17,19-23,26H2,(H,44,53)(H,45,52,54);(H,6,7). The quantitative estimate of drug-likeness (QED) is 0.162. The Morgan fingerprint density at radius 1 is 0.935 bits per heavy atom. The topological polar surface area (TPSA) is 186 Å². The molecule has 4 fully saturated rings. The highest BCUT2D eigenvalue weighted by Gasteiger charge is 2.38. The second kappa shape index (κ2) is 19.4. The van der Waals surface area contributed by atoms with Crippen molar-refractivity contribution < 1.29 is 42.2 Å². The monoisotopic (exact) mass is 877 g/mol. The molecule has 2 aliphatic heterocycles. The minimum absolute atomic E-state index is 0.0343. The van der Waals surface area contributed by atoms with Gasteiger partial charge in [-0.1, -0.05) is 17.7 Å². The number of ether oxygens (including phenoxy) is 1. The molecule has 4 aliphatic rings. The lowest BCUT2D eigenvalue weighted by Gasteiger charge is -2.38. The van der Waals surface area contributed by atoms with Gasteiger partial charge in [0, 0.05) is 75.4 Å².